The van der Waals surface area contributed by atoms with Gasteiger partial charge in [0, 0.05) is 19.2 Å². The molecule has 4 nitrogen and oxygen atoms in total. The van der Waals surface area contributed by atoms with Gasteiger partial charge in [-0.3, -0.25) is 9.59 Å². The van der Waals surface area contributed by atoms with Crippen LogP contribution in [-0.4, -0.2) is 36.5 Å². The highest BCUT2D eigenvalue weighted by Crippen LogP contribution is 2.18. The second-order valence-corrected chi connectivity index (χ2v) is 5.62. The molecule has 0 N–H and O–H groups in total. The molecule has 0 spiro atoms. The second kappa shape index (κ2) is 7.78. The van der Waals surface area contributed by atoms with Crippen LogP contribution in [0.4, 0.5) is 0 Å². The van der Waals surface area contributed by atoms with Crippen molar-refractivity contribution in [2.45, 2.75) is 26.7 Å². The molecule has 1 heterocycles. The van der Waals surface area contributed by atoms with E-state index in [0.717, 1.165) is 24.0 Å². The number of benzene rings is 1. The molecule has 22 heavy (non-hydrogen) atoms. The number of carbonyl (C=O) groups is 2. The zero-order valence-electron chi connectivity index (χ0n) is 13.2. The van der Waals surface area contributed by atoms with Crippen molar-refractivity contribution in [2.75, 3.05) is 19.7 Å². The van der Waals surface area contributed by atoms with Crippen LogP contribution in [0.25, 0.3) is 6.08 Å². The summed E-state index contributed by atoms with van der Waals surface area (Å²) in [4.78, 5) is 25.8. The Bertz CT molecular complexity index is 565. The van der Waals surface area contributed by atoms with Crippen molar-refractivity contribution in [3.63, 3.8) is 0 Å². The number of likely N-dealkylation sites (tertiary alicyclic amines) is 1. The molecular formula is C18H23NO3. The Kier molecular flexibility index (Phi) is 5.75. The van der Waals surface area contributed by atoms with E-state index < -0.39 is 0 Å². The number of nitrogens with zero attached hydrogens (tertiary/aromatic N) is 1. The molecule has 1 fully saturated rings. The Morgan fingerprint density at radius 3 is 2.95 bits per heavy atom. The van der Waals surface area contributed by atoms with Gasteiger partial charge in [-0.05, 0) is 38.3 Å². The van der Waals surface area contributed by atoms with Gasteiger partial charge in [-0.2, -0.15) is 0 Å². The van der Waals surface area contributed by atoms with Crippen molar-refractivity contribution in [3.8, 4) is 0 Å². The second-order valence-electron chi connectivity index (χ2n) is 5.62. The third kappa shape index (κ3) is 4.45. The van der Waals surface area contributed by atoms with Crippen molar-refractivity contribution < 1.29 is 14.3 Å². The monoisotopic (exact) mass is 301 g/mol. The molecule has 1 amide bonds. The molecule has 0 bridgehead atoms. The maximum Gasteiger partial charge on any atom is 0.310 e. The molecule has 118 valence electrons. The highest BCUT2D eigenvalue weighted by Gasteiger charge is 2.28. The predicted octanol–water partition coefficient (Wildman–Crippen LogP) is 2.81. The largest absolute Gasteiger partial charge is 0.466 e. The van der Waals surface area contributed by atoms with Gasteiger partial charge in [-0.1, -0.05) is 29.8 Å². The van der Waals surface area contributed by atoms with Gasteiger partial charge in [-0.15, -0.1) is 0 Å². The first-order chi connectivity index (χ1) is 10.6. The molecule has 1 saturated heterocycles. The van der Waals surface area contributed by atoms with Crippen LogP contribution < -0.4 is 0 Å². The fourth-order valence-electron chi connectivity index (χ4n) is 2.68. The first-order valence-electron chi connectivity index (χ1n) is 7.80. The Labute approximate surface area is 131 Å². The van der Waals surface area contributed by atoms with Crippen LogP contribution >= 0.6 is 0 Å². The summed E-state index contributed by atoms with van der Waals surface area (Å²) < 4.78 is 5.06. The zero-order chi connectivity index (χ0) is 15.9. The van der Waals surface area contributed by atoms with E-state index in [1.165, 1.54) is 0 Å². The zero-order valence-corrected chi connectivity index (χ0v) is 13.2. The van der Waals surface area contributed by atoms with E-state index >= 15 is 0 Å². The maximum atomic E-state index is 12.3. The van der Waals surface area contributed by atoms with E-state index in [-0.39, 0.29) is 17.8 Å². The van der Waals surface area contributed by atoms with E-state index in [1.807, 2.05) is 37.3 Å². The Morgan fingerprint density at radius 2 is 2.23 bits per heavy atom. The molecule has 1 atom stereocenters. The number of hydrogen-bond donors (Lipinski definition) is 0. The van der Waals surface area contributed by atoms with Gasteiger partial charge in [0.05, 0.1) is 12.5 Å². The molecule has 4 heteroatoms. The van der Waals surface area contributed by atoms with Gasteiger partial charge in [0.25, 0.3) is 0 Å². The highest BCUT2D eigenvalue weighted by atomic mass is 16.5. The van der Waals surface area contributed by atoms with Crippen molar-refractivity contribution in [3.05, 3.63) is 41.5 Å². The van der Waals surface area contributed by atoms with Crippen molar-refractivity contribution in [1.29, 1.82) is 0 Å². The number of amides is 1. The number of aryl methyl sites for hydroxylation is 1. The van der Waals surface area contributed by atoms with Crippen molar-refractivity contribution >= 4 is 18.0 Å². The Balaban J connectivity index is 1.95. The van der Waals surface area contributed by atoms with E-state index in [0.29, 0.717) is 19.7 Å². The summed E-state index contributed by atoms with van der Waals surface area (Å²) in [6.07, 6.45) is 5.04. The molecule has 0 unspecified atom stereocenters. The van der Waals surface area contributed by atoms with Crippen LogP contribution in [0, 0.1) is 12.8 Å². The third-order valence-corrected chi connectivity index (χ3v) is 3.81. The summed E-state index contributed by atoms with van der Waals surface area (Å²) in [5, 5.41) is 0. The van der Waals surface area contributed by atoms with Crippen LogP contribution in [0.15, 0.2) is 30.3 Å². The van der Waals surface area contributed by atoms with E-state index in [9.17, 15) is 9.59 Å². The number of rotatable bonds is 4. The molecule has 1 aliphatic rings. The van der Waals surface area contributed by atoms with Crippen LogP contribution in [0.2, 0.25) is 0 Å². The Morgan fingerprint density at radius 1 is 1.41 bits per heavy atom. The molecular weight excluding hydrogens is 278 g/mol. The summed E-state index contributed by atoms with van der Waals surface area (Å²) in [5.74, 6) is -0.428. The number of hydrogen-bond acceptors (Lipinski definition) is 3. The topological polar surface area (TPSA) is 46.6 Å². The normalized spacial score (nSPS) is 18.5. The third-order valence-electron chi connectivity index (χ3n) is 3.81. The number of esters is 1. The van der Waals surface area contributed by atoms with Crippen LogP contribution in [-0.2, 0) is 14.3 Å². The lowest BCUT2D eigenvalue weighted by atomic mass is 9.98. The van der Waals surface area contributed by atoms with E-state index in [4.69, 9.17) is 4.74 Å². The average Bonchev–Trinajstić information content (AvgIpc) is 2.53. The van der Waals surface area contributed by atoms with Crippen molar-refractivity contribution in [1.82, 2.24) is 4.90 Å². The van der Waals surface area contributed by atoms with Gasteiger partial charge < -0.3 is 9.64 Å². The molecule has 1 aliphatic heterocycles. The van der Waals surface area contributed by atoms with Crippen molar-refractivity contribution in [2.24, 2.45) is 5.92 Å². The minimum atomic E-state index is -0.192. The molecule has 0 radical (unpaired) electrons. The summed E-state index contributed by atoms with van der Waals surface area (Å²) in [6, 6.07) is 7.99. The highest BCUT2D eigenvalue weighted by molar-refractivity contribution is 5.92. The van der Waals surface area contributed by atoms with Gasteiger partial charge in [0.2, 0.25) is 5.91 Å². The smallest absolute Gasteiger partial charge is 0.310 e. The predicted molar refractivity (Wildman–Crippen MR) is 86.2 cm³/mol. The molecule has 0 aromatic heterocycles. The quantitative estimate of drug-likeness (QED) is 0.634. The van der Waals surface area contributed by atoms with Gasteiger partial charge in [0.1, 0.15) is 0 Å². The molecule has 1 aromatic rings. The molecule has 2 rings (SSSR count). The fourth-order valence-corrected chi connectivity index (χ4v) is 2.68. The lowest BCUT2D eigenvalue weighted by Gasteiger charge is -2.30. The number of piperidine rings is 1. The molecule has 0 saturated carbocycles. The van der Waals surface area contributed by atoms with Crippen LogP contribution in [0.5, 0.6) is 0 Å². The summed E-state index contributed by atoms with van der Waals surface area (Å²) in [7, 11) is 0. The first-order valence-corrected chi connectivity index (χ1v) is 7.80. The lowest BCUT2D eigenvalue weighted by Crippen LogP contribution is -2.42. The fraction of sp³-hybridized carbons (Fsp3) is 0.444. The van der Waals surface area contributed by atoms with Gasteiger partial charge >= 0.3 is 5.97 Å². The number of carbonyl (C=O) groups excluding carboxylic acids is 2. The standard InChI is InChI=1S/C18H23NO3/c1-3-22-18(21)16-8-5-11-19(13-16)17(20)10-9-15-7-4-6-14(2)12-15/h4,6-7,9-10,12,16H,3,5,8,11,13H2,1-2H3/b10-9+/t16-/m1/s1. The van der Waals surface area contributed by atoms with Gasteiger partial charge in [-0.25, -0.2) is 0 Å². The Hall–Kier alpha value is -2.10. The SMILES string of the molecule is CCOC(=O)[C@@H]1CCCN(C(=O)/C=C/c2cccc(C)c2)C1. The summed E-state index contributed by atoms with van der Waals surface area (Å²) in [6.45, 7) is 5.36. The van der Waals surface area contributed by atoms with Gasteiger partial charge in [0.15, 0.2) is 0 Å². The van der Waals surface area contributed by atoms with Crippen LogP contribution in [0.1, 0.15) is 30.9 Å². The minimum absolute atomic E-state index is 0.0458. The first kappa shape index (κ1) is 16.3. The maximum absolute atomic E-state index is 12.3. The summed E-state index contributed by atoms with van der Waals surface area (Å²) >= 11 is 0. The van der Waals surface area contributed by atoms with E-state index in [2.05, 4.69) is 0 Å². The number of ether oxygens (including phenoxy) is 1. The molecule has 1 aromatic carbocycles. The average molecular weight is 301 g/mol. The minimum Gasteiger partial charge on any atom is -0.466 e. The van der Waals surface area contributed by atoms with Crippen LogP contribution in [0.3, 0.4) is 0 Å². The van der Waals surface area contributed by atoms with E-state index in [1.54, 1.807) is 17.9 Å². The summed E-state index contributed by atoms with van der Waals surface area (Å²) in [5.41, 5.74) is 2.17. The lowest BCUT2D eigenvalue weighted by molar-refractivity contribution is -0.150. The molecule has 0 aliphatic carbocycles.